The summed E-state index contributed by atoms with van der Waals surface area (Å²) in [6.45, 7) is 0. The van der Waals surface area contributed by atoms with Gasteiger partial charge in [0.25, 0.3) is 0 Å². The van der Waals surface area contributed by atoms with Gasteiger partial charge in [-0.15, -0.1) is 11.3 Å². The van der Waals surface area contributed by atoms with E-state index in [0.29, 0.717) is 0 Å². The van der Waals surface area contributed by atoms with Crippen LogP contribution >= 0.6 is 11.3 Å². The molecule has 0 bridgehead atoms. The van der Waals surface area contributed by atoms with Crippen LogP contribution in [0.1, 0.15) is 22.3 Å². The molecule has 12 rings (SSSR count). The van der Waals surface area contributed by atoms with Crippen molar-refractivity contribution >= 4 is 81.3 Å². The second-order valence-electron chi connectivity index (χ2n) is 14.7. The standard InChI is InChI=1S/C53H33NOS/c1-3-17-35(18-4-1)53(36-19-5-2-6-20-36)43-26-11-9-22-38(43)39-24-13-28-45(50(39)53)54(44-27-15-31-48-49(44)42-23-10-12-30-47(42)56-48)46-29-14-25-40-41-33-32-34-16-7-8-21-37(34)51(41)55-52(40)46/h1-33H. The van der Waals surface area contributed by atoms with Gasteiger partial charge in [-0.2, -0.15) is 0 Å². The zero-order chi connectivity index (χ0) is 36.8. The lowest BCUT2D eigenvalue weighted by molar-refractivity contribution is 0.672. The predicted octanol–water partition coefficient (Wildman–Crippen LogP) is 14.9. The Morgan fingerprint density at radius 2 is 0.982 bits per heavy atom. The van der Waals surface area contributed by atoms with E-state index in [-0.39, 0.29) is 0 Å². The molecular weight excluding hydrogens is 699 g/mol. The predicted molar refractivity (Wildman–Crippen MR) is 236 cm³/mol. The van der Waals surface area contributed by atoms with Crippen molar-refractivity contribution in [3.8, 4) is 11.1 Å². The highest BCUT2D eigenvalue weighted by Gasteiger charge is 2.48. The smallest absolute Gasteiger partial charge is 0.159 e. The molecule has 11 aromatic rings. The second kappa shape index (κ2) is 12.0. The molecule has 1 aliphatic rings. The molecule has 0 saturated heterocycles. The highest BCUT2D eigenvalue weighted by atomic mass is 32.1. The van der Waals surface area contributed by atoms with Crippen LogP contribution in [0.2, 0.25) is 0 Å². The molecule has 262 valence electrons. The van der Waals surface area contributed by atoms with E-state index < -0.39 is 5.41 Å². The van der Waals surface area contributed by atoms with Crippen LogP contribution in [0.5, 0.6) is 0 Å². The average Bonchev–Trinajstić information content (AvgIpc) is 3.94. The Kier molecular flexibility index (Phi) is 6.75. The summed E-state index contributed by atoms with van der Waals surface area (Å²) in [6.07, 6.45) is 0. The maximum atomic E-state index is 7.17. The summed E-state index contributed by atoms with van der Waals surface area (Å²) in [6, 6.07) is 73.3. The van der Waals surface area contributed by atoms with Crippen molar-refractivity contribution in [2.75, 3.05) is 4.90 Å². The Morgan fingerprint density at radius 1 is 0.393 bits per heavy atom. The summed E-state index contributed by atoms with van der Waals surface area (Å²) in [4.78, 5) is 2.51. The molecule has 9 aromatic carbocycles. The van der Waals surface area contributed by atoms with Crippen LogP contribution in [0.15, 0.2) is 205 Å². The molecule has 0 unspecified atom stereocenters. The van der Waals surface area contributed by atoms with E-state index in [9.17, 15) is 0 Å². The minimum Gasteiger partial charge on any atom is -0.453 e. The molecule has 0 amide bonds. The maximum absolute atomic E-state index is 7.17. The van der Waals surface area contributed by atoms with Gasteiger partial charge in [-0.25, -0.2) is 0 Å². The van der Waals surface area contributed by atoms with E-state index >= 15 is 0 Å². The lowest BCUT2D eigenvalue weighted by Gasteiger charge is -2.38. The van der Waals surface area contributed by atoms with E-state index in [1.165, 1.54) is 58.9 Å². The van der Waals surface area contributed by atoms with Crippen molar-refractivity contribution in [2.24, 2.45) is 0 Å². The highest BCUT2D eigenvalue weighted by molar-refractivity contribution is 7.26. The molecule has 2 nitrogen and oxygen atoms in total. The Bertz CT molecular complexity index is 3280. The molecule has 0 atom stereocenters. The maximum Gasteiger partial charge on any atom is 0.159 e. The van der Waals surface area contributed by atoms with Crippen molar-refractivity contribution in [2.45, 2.75) is 5.41 Å². The number of benzene rings is 9. The molecule has 2 heterocycles. The molecule has 0 saturated carbocycles. The first-order valence-corrected chi connectivity index (χ1v) is 20.0. The first kappa shape index (κ1) is 31.4. The average molecular weight is 732 g/mol. The number of para-hydroxylation sites is 1. The van der Waals surface area contributed by atoms with Crippen molar-refractivity contribution in [3.63, 3.8) is 0 Å². The van der Waals surface area contributed by atoms with E-state index in [1.54, 1.807) is 0 Å². The number of furan rings is 1. The van der Waals surface area contributed by atoms with Crippen LogP contribution in [0.25, 0.3) is 64.0 Å². The van der Waals surface area contributed by atoms with Crippen LogP contribution < -0.4 is 4.90 Å². The zero-order valence-corrected chi connectivity index (χ0v) is 31.1. The second-order valence-corrected chi connectivity index (χ2v) is 15.8. The van der Waals surface area contributed by atoms with Gasteiger partial charge in [0.05, 0.1) is 22.5 Å². The molecule has 56 heavy (non-hydrogen) atoms. The summed E-state index contributed by atoms with van der Waals surface area (Å²) in [7, 11) is 0. The lowest BCUT2D eigenvalue weighted by atomic mass is 9.67. The Labute approximate surface area is 328 Å². The molecule has 3 heteroatoms. The molecule has 2 aromatic heterocycles. The first-order valence-electron chi connectivity index (χ1n) is 19.2. The Hall–Kier alpha value is -6.94. The minimum absolute atomic E-state index is 0.605. The fourth-order valence-electron chi connectivity index (χ4n) is 9.69. The fourth-order valence-corrected chi connectivity index (χ4v) is 10.8. The summed E-state index contributed by atoms with van der Waals surface area (Å²) in [5, 5.41) is 7.00. The third kappa shape index (κ3) is 4.26. The molecule has 0 spiro atoms. The van der Waals surface area contributed by atoms with E-state index in [1.807, 2.05) is 11.3 Å². The fraction of sp³-hybridized carbons (Fsp3) is 0.0189. The largest absolute Gasteiger partial charge is 0.453 e. The Balaban J connectivity index is 1.26. The topological polar surface area (TPSA) is 16.4 Å². The minimum atomic E-state index is -0.605. The summed E-state index contributed by atoms with van der Waals surface area (Å²) in [5.41, 5.74) is 11.9. The van der Waals surface area contributed by atoms with Crippen molar-refractivity contribution in [1.29, 1.82) is 0 Å². The van der Waals surface area contributed by atoms with Gasteiger partial charge in [0, 0.05) is 41.9 Å². The number of thiophene rings is 1. The summed E-state index contributed by atoms with van der Waals surface area (Å²) >= 11 is 1.85. The van der Waals surface area contributed by atoms with Crippen LogP contribution in [-0.4, -0.2) is 0 Å². The van der Waals surface area contributed by atoms with Crippen molar-refractivity contribution < 1.29 is 4.42 Å². The number of nitrogens with zero attached hydrogens (tertiary/aromatic N) is 1. The van der Waals surface area contributed by atoms with Gasteiger partial charge in [0.2, 0.25) is 0 Å². The van der Waals surface area contributed by atoms with Crippen LogP contribution in [-0.2, 0) is 5.41 Å². The normalized spacial score (nSPS) is 13.1. The van der Waals surface area contributed by atoms with Gasteiger partial charge in [0.15, 0.2) is 5.58 Å². The van der Waals surface area contributed by atoms with Crippen LogP contribution in [0.4, 0.5) is 17.1 Å². The van der Waals surface area contributed by atoms with Crippen LogP contribution in [0.3, 0.4) is 0 Å². The summed E-state index contributed by atoms with van der Waals surface area (Å²) in [5.74, 6) is 0. The number of rotatable bonds is 5. The zero-order valence-electron chi connectivity index (χ0n) is 30.3. The lowest BCUT2D eigenvalue weighted by Crippen LogP contribution is -2.30. The molecule has 0 N–H and O–H groups in total. The van der Waals surface area contributed by atoms with E-state index in [4.69, 9.17) is 4.42 Å². The number of hydrogen-bond donors (Lipinski definition) is 0. The third-order valence-corrected chi connectivity index (χ3v) is 13.1. The van der Waals surface area contributed by atoms with Gasteiger partial charge in [-0.1, -0.05) is 164 Å². The van der Waals surface area contributed by atoms with Crippen LogP contribution in [0, 0.1) is 0 Å². The highest BCUT2D eigenvalue weighted by Crippen LogP contribution is 2.61. The quantitative estimate of drug-likeness (QED) is 0.175. The SMILES string of the molecule is c1ccc(C2(c3ccccc3)c3ccccc3-c3cccc(N(c4cccc5c4oc4c6ccccc6ccc54)c4cccc5sc6ccccc6c45)c32)cc1. The van der Waals surface area contributed by atoms with E-state index in [0.717, 1.165) is 44.4 Å². The molecule has 0 fully saturated rings. The molecule has 1 aliphatic carbocycles. The van der Waals surface area contributed by atoms with Crippen molar-refractivity contribution in [1.82, 2.24) is 0 Å². The first-order chi connectivity index (χ1) is 27.8. The molecule has 0 radical (unpaired) electrons. The van der Waals surface area contributed by atoms with E-state index in [2.05, 4.69) is 205 Å². The number of fused-ring (bicyclic) bond motifs is 11. The Morgan fingerprint density at radius 3 is 1.82 bits per heavy atom. The number of anilines is 3. The van der Waals surface area contributed by atoms with Gasteiger partial charge >= 0.3 is 0 Å². The van der Waals surface area contributed by atoms with Gasteiger partial charge in [0.1, 0.15) is 5.58 Å². The summed E-state index contributed by atoms with van der Waals surface area (Å²) < 4.78 is 9.69. The van der Waals surface area contributed by atoms with Gasteiger partial charge in [-0.05, 0) is 69.6 Å². The molecule has 0 aliphatic heterocycles. The number of hydrogen-bond acceptors (Lipinski definition) is 3. The van der Waals surface area contributed by atoms with Gasteiger partial charge in [-0.3, -0.25) is 0 Å². The monoisotopic (exact) mass is 731 g/mol. The van der Waals surface area contributed by atoms with Crippen molar-refractivity contribution in [3.05, 3.63) is 222 Å². The third-order valence-electron chi connectivity index (χ3n) is 11.9. The molecular formula is C53H33NOS. The van der Waals surface area contributed by atoms with Gasteiger partial charge < -0.3 is 9.32 Å².